The highest BCUT2D eigenvalue weighted by Gasteiger charge is 2.37. The van der Waals surface area contributed by atoms with Crippen molar-refractivity contribution < 1.29 is 14.6 Å². The lowest BCUT2D eigenvalue weighted by Gasteiger charge is -2.36. The maximum Gasteiger partial charge on any atom is 0.253 e. The van der Waals surface area contributed by atoms with Crippen molar-refractivity contribution in [3.05, 3.63) is 35.0 Å². The normalized spacial score (nSPS) is 19.9. The van der Waals surface area contributed by atoms with Gasteiger partial charge in [0.1, 0.15) is 5.60 Å². The molecule has 0 atom stereocenters. The van der Waals surface area contributed by atoms with E-state index in [1.165, 1.54) is 25.7 Å². The summed E-state index contributed by atoms with van der Waals surface area (Å²) >= 11 is 6.39. The van der Waals surface area contributed by atoms with E-state index in [2.05, 4.69) is 5.32 Å². The number of aromatic nitrogens is 1. The van der Waals surface area contributed by atoms with Gasteiger partial charge in [-0.1, -0.05) is 30.5 Å². The van der Waals surface area contributed by atoms with E-state index in [4.69, 9.17) is 16.3 Å². The smallest absolute Gasteiger partial charge is 0.253 e. The second kappa shape index (κ2) is 6.63. The summed E-state index contributed by atoms with van der Waals surface area (Å²) in [5.41, 5.74) is 0.563. The Morgan fingerprint density at radius 3 is 2.80 bits per heavy atom. The Balaban J connectivity index is 1.61. The van der Waals surface area contributed by atoms with Crippen LogP contribution in [0.5, 0.6) is 0 Å². The zero-order valence-electron chi connectivity index (χ0n) is 14.1. The summed E-state index contributed by atoms with van der Waals surface area (Å²) in [4.78, 5) is 12.8. The zero-order valence-corrected chi connectivity index (χ0v) is 14.9. The van der Waals surface area contributed by atoms with Crippen molar-refractivity contribution in [2.45, 2.75) is 37.8 Å². The molecule has 1 aliphatic carbocycles. The van der Waals surface area contributed by atoms with Gasteiger partial charge in [-0.3, -0.25) is 4.79 Å². The SMILES string of the molecule is O=C(NCC1CCCC1)c1cn(CC2(O)COC2)c2cccc(Cl)c12. The standard InChI is InChI=1S/C19H23ClN2O3/c20-15-6-3-7-16-17(15)14(9-22(16)10-19(24)11-25-12-19)18(23)21-8-13-4-1-2-5-13/h3,6-7,9,13,24H,1-2,4-5,8,10-12H2,(H,21,23). The highest BCUT2D eigenvalue weighted by Crippen LogP contribution is 2.31. The molecule has 134 valence electrons. The Bertz CT molecular complexity index is 791. The van der Waals surface area contributed by atoms with Crippen molar-refractivity contribution in [3.63, 3.8) is 0 Å². The van der Waals surface area contributed by atoms with E-state index in [-0.39, 0.29) is 5.91 Å². The summed E-state index contributed by atoms with van der Waals surface area (Å²) in [6.45, 7) is 1.74. The Hall–Kier alpha value is -1.56. The number of aliphatic hydroxyl groups is 1. The van der Waals surface area contributed by atoms with E-state index < -0.39 is 5.60 Å². The first kappa shape index (κ1) is 16.9. The summed E-state index contributed by atoms with van der Waals surface area (Å²) < 4.78 is 7.04. The Morgan fingerprint density at radius 2 is 2.12 bits per heavy atom. The largest absolute Gasteiger partial charge is 0.383 e. The Labute approximate surface area is 151 Å². The van der Waals surface area contributed by atoms with E-state index in [1.54, 1.807) is 12.3 Å². The first-order valence-corrected chi connectivity index (χ1v) is 9.29. The fraction of sp³-hybridized carbons (Fsp3) is 0.526. The lowest BCUT2D eigenvalue weighted by molar-refractivity contribution is -0.184. The fourth-order valence-corrected chi connectivity index (χ4v) is 4.18. The van der Waals surface area contributed by atoms with Gasteiger partial charge in [-0.2, -0.15) is 0 Å². The number of nitrogens with one attached hydrogen (secondary N) is 1. The van der Waals surface area contributed by atoms with E-state index in [9.17, 15) is 9.90 Å². The number of fused-ring (bicyclic) bond motifs is 1. The van der Waals surface area contributed by atoms with Crippen LogP contribution in [0.1, 0.15) is 36.0 Å². The second-order valence-electron chi connectivity index (χ2n) is 7.38. The van der Waals surface area contributed by atoms with Gasteiger partial charge in [0.05, 0.1) is 35.9 Å². The maximum atomic E-state index is 12.8. The lowest BCUT2D eigenvalue weighted by Crippen LogP contribution is -2.52. The molecule has 5 nitrogen and oxygen atoms in total. The maximum absolute atomic E-state index is 12.8. The molecule has 0 radical (unpaired) electrons. The molecule has 0 bridgehead atoms. The number of ether oxygens (including phenoxy) is 1. The van der Waals surface area contributed by atoms with Crippen molar-refractivity contribution in [2.75, 3.05) is 19.8 Å². The number of hydrogen-bond acceptors (Lipinski definition) is 3. The minimum Gasteiger partial charge on any atom is -0.383 e. The number of rotatable bonds is 5. The molecule has 1 aromatic carbocycles. The van der Waals surface area contributed by atoms with E-state index in [1.807, 2.05) is 16.7 Å². The molecule has 1 aromatic heterocycles. The van der Waals surface area contributed by atoms with Crippen molar-refractivity contribution >= 4 is 28.4 Å². The average molecular weight is 363 g/mol. The summed E-state index contributed by atoms with van der Waals surface area (Å²) in [6.07, 6.45) is 6.70. The van der Waals surface area contributed by atoms with Gasteiger partial charge in [-0.15, -0.1) is 0 Å². The van der Waals surface area contributed by atoms with Gasteiger partial charge in [0.25, 0.3) is 5.91 Å². The van der Waals surface area contributed by atoms with Crippen molar-refractivity contribution in [2.24, 2.45) is 5.92 Å². The monoisotopic (exact) mass is 362 g/mol. The third-order valence-electron chi connectivity index (χ3n) is 5.33. The number of benzene rings is 1. The van der Waals surface area contributed by atoms with Crippen LogP contribution in [0.3, 0.4) is 0 Å². The van der Waals surface area contributed by atoms with E-state index in [0.29, 0.717) is 42.8 Å². The first-order chi connectivity index (χ1) is 12.1. The van der Waals surface area contributed by atoms with Crippen LogP contribution in [0.4, 0.5) is 0 Å². The molecular weight excluding hydrogens is 340 g/mol. The van der Waals surface area contributed by atoms with Crippen LogP contribution < -0.4 is 5.32 Å². The summed E-state index contributed by atoms with van der Waals surface area (Å²) in [7, 11) is 0. The van der Waals surface area contributed by atoms with Crippen molar-refractivity contribution in [1.29, 1.82) is 0 Å². The molecule has 2 N–H and O–H groups in total. The van der Waals surface area contributed by atoms with Gasteiger partial charge in [0.2, 0.25) is 0 Å². The van der Waals surface area contributed by atoms with Crippen LogP contribution in [-0.4, -0.2) is 40.9 Å². The van der Waals surface area contributed by atoms with Crippen molar-refractivity contribution in [1.82, 2.24) is 9.88 Å². The Morgan fingerprint density at radius 1 is 1.36 bits per heavy atom. The fourth-order valence-electron chi connectivity index (χ4n) is 3.90. The summed E-state index contributed by atoms with van der Waals surface area (Å²) in [6, 6.07) is 5.59. The van der Waals surface area contributed by atoms with E-state index in [0.717, 1.165) is 10.9 Å². The molecule has 0 unspecified atom stereocenters. The van der Waals surface area contributed by atoms with Crippen LogP contribution in [-0.2, 0) is 11.3 Å². The van der Waals surface area contributed by atoms with Gasteiger partial charge in [-0.25, -0.2) is 0 Å². The van der Waals surface area contributed by atoms with Crippen molar-refractivity contribution in [3.8, 4) is 0 Å². The molecule has 1 saturated heterocycles. The lowest BCUT2D eigenvalue weighted by atomic mass is 10.0. The highest BCUT2D eigenvalue weighted by atomic mass is 35.5. The summed E-state index contributed by atoms with van der Waals surface area (Å²) in [5, 5.41) is 14.8. The summed E-state index contributed by atoms with van der Waals surface area (Å²) in [5.74, 6) is 0.487. The third kappa shape index (κ3) is 3.28. The molecule has 25 heavy (non-hydrogen) atoms. The number of hydrogen-bond donors (Lipinski definition) is 2. The average Bonchev–Trinajstić information content (AvgIpc) is 3.20. The van der Waals surface area contributed by atoms with Gasteiger partial charge < -0.3 is 19.7 Å². The highest BCUT2D eigenvalue weighted by molar-refractivity contribution is 6.36. The molecule has 1 amide bonds. The Kier molecular flexibility index (Phi) is 4.48. The molecule has 6 heteroatoms. The van der Waals surface area contributed by atoms with Crippen LogP contribution in [0.15, 0.2) is 24.4 Å². The predicted molar refractivity (Wildman–Crippen MR) is 97.0 cm³/mol. The number of carbonyl (C=O) groups excluding carboxylic acids is 1. The minimum absolute atomic E-state index is 0.0967. The quantitative estimate of drug-likeness (QED) is 0.859. The van der Waals surface area contributed by atoms with Gasteiger partial charge in [-0.05, 0) is 30.9 Å². The molecule has 2 aliphatic rings. The zero-order chi connectivity index (χ0) is 17.4. The predicted octanol–water partition coefficient (Wildman–Crippen LogP) is 2.98. The van der Waals surface area contributed by atoms with E-state index >= 15 is 0 Å². The van der Waals surface area contributed by atoms with Crippen LogP contribution in [0.2, 0.25) is 5.02 Å². The molecule has 2 heterocycles. The number of nitrogens with zero attached hydrogens (tertiary/aromatic N) is 1. The molecule has 0 spiro atoms. The molecule has 1 saturated carbocycles. The van der Waals surface area contributed by atoms with Crippen LogP contribution in [0, 0.1) is 5.92 Å². The molecule has 4 rings (SSSR count). The first-order valence-electron chi connectivity index (χ1n) is 8.91. The number of carbonyl (C=O) groups is 1. The molecule has 2 fully saturated rings. The van der Waals surface area contributed by atoms with Gasteiger partial charge >= 0.3 is 0 Å². The third-order valence-corrected chi connectivity index (χ3v) is 5.65. The van der Waals surface area contributed by atoms with Gasteiger partial charge in [0, 0.05) is 18.1 Å². The molecule has 2 aromatic rings. The van der Waals surface area contributed by atoms with Crippen LogP contribution in [0.25, 0.3) is 10.9 Å². The number of amides is 1. The molecule has 1 aliphatic heterocycles. The van der Waals surface area contributed by atoms with Crippen LogP contribution >= 0.6 is 11.6 Å². The second-order valence-corrected chi connectivity index (χ2v) is 7.79. The molecular formula is C19H23ClN2O3. The van der Waals surface area contributed by atoms with Gasteiger partial charge in [0.15, 0.2) is 0 Å². The topological polar surface area (TPSA) is 63.5 Å². The minimum atomic E-state index is -0.869. The number of halogens is 1.